The van der Waals surface area contributed by atoms with Gasteiger partial charge in [0.2, 0.25) is 0 Å². The van der Waals surface area contributed by atoms with E-state index in [4.69, 9.17) is 0 Å². The fourth-order valence-electron chi connectivity index (χ4n) is 4.82. The van der Waals surface area contributed by atoms with Crippen LogP contribution < -0.4 is 5.30 Å². The summed E-state index contributed by atoms with van der Waals surface area (Å²) in [6.45, 7) is -2.66. The molecule has 0 aliphatic heterocycles. The quantitative estimate of drug-likeness (QED) is 0.623. The second kappa shape index (κ2) is 7.21. The molecule has 5 heteroatoms. The highest BCUT2D eigenvalue weighted by molar-refractivity contribution is 8.57. The minimum Gasteiger partial charge on any atom is -0.257 e. The average Bonchev–Trinajstić information content (AvgIpc) is 2.57. The van der Waals surface area contributed by atoms with Crippen LogP contribution in [0.25, 0.3) is 0 Å². The van der Waals surface area contributed by atoms with Crippen LogP contribution in [-0.2, 0) is 9.74 Å². The second-order valence-electron chi connectivity index (χ2n) is 7.08. The predicted molar refractivity (Wildman–Crippen MR) is 98.3 cm³/mol. The third kappa shape index (κ3) is 3.23. The molecule has 3 nitrogen and oxygen atoms in total. The van der Waals surface area contributed by atoms with E-state index < -0.39 is 16.2 Å². The molecule has 3 rings (SSSR count). The first kappa shape index (κ1) is 17.4. The number of hydrogen-bond donors (Lipinski definition) is 1. The van der Waals surface area contributed by atoms with Crippen molar-refractivity contribution in [1.29, 1.82) is 0 Å². The van der Waals surface area contributed by atoms with E-state index in [1.807, 2.05) is 30.3 Å². The fraction of sp³-hybridized carbons (Fsp3) is 0.667. The summed E-state index contributed by atoms with van der Waals surface area (Å²) in [5, 5.41) is 0.918. The zero-order valence-electron chi connectivity index (χ0n) is 13.7. The maximum Gasteiger partial charge on any atom is 0.386 e. The van der Waals surface area contributed by atoms with Gasteiger partial charge in [-0.15, -0.1) is 0 Å². The molecule has 0 unspecified atom stereocenters. The Morgan fingerprint density at radius 3 is 1.61 bits per heavy atom. The molecule has 0 radical (unpaired) electrons. The van der Waals surface area contributed by atoms with Crippen molar-refractivity contribution in [3.8, 4) is 0 Å². The summed E-state index contributed by atoms with van der Waals surface area (Å²) in [6, 6.07) is 9.72. The Balaban J connectivity index is 2.16. The molecular weight excluding hydrogens is 327 g/mol. The zero-order chi connectivity index (χ0) is 16.3. The summed E-state index contributed by atoms with van der Waals surface area (Å²) in [4.78, 5) is 0. The Morgan fingerprint density at radius 2 is 1.22 bits per heavy atom. The standard InChI is InChI=1S/C18H27O3PS/c19-23(20,21)22(16-10-4-1-5-11-16,17-12-6-2-7-13-17)18-14-8-3-9-15-18/h1,4-5,10-11,17-18H,2-3,6-9,12-15H2/p+1. The van der Waals surface area contributed by atoms with Gasteiger partial charge in [0.25, 0.3) is 0 Å². The van der Waals surface area contributed by atoms with Crippen LogP contribution in [0.3, 0.4) is 0 Å². The van der Waals surface area contributed by atoms with Crippen LogP contribution in [0.2, 0.25) is 0 Å². The largest absolute Gasteiger partial charge is 0.386 e. The highest BCUT2D eigenvalue weighted by Crippen LogP contribution is 2.74. The van der Waals surface area contributed by atoms with E-state index in [2.05, 4.69) is 0 Å². The van der Waals surface area contributed by atoms with Crippen LogP contribution in [0.4, 0.5) is 0 Å². The molecule has 2 fully saturated rings. The van der Waals surface area contributed by atoms with E-state index >= 15 is 0 Å². The number of rotatable bonds is 4. The molecule has 0 saturated heterocycles. The van der Waals surface area contributed by atoms with Crippen molar-refractivity contribution in [2.24, 2.45) is 0 Å². The Labute approximate surface area is 140 Å². The van der Waals surface area contributed by atoms with Crippen molar-refractivity contribution in [1.82, 2.24) is 0 Å². The highest BCUT2D eigenvalue weighted by atomic mass is 32.8. The fourth-order valence-corrected chi connectivity index (χ4v) is 14.9. The van der Waals surface area contributed by atoms with Gasteiger partial charge in [0, 0.05) is 0 Å². The van der Waals surface area contributed by atoms with Gasteiger partial charge in [-0.2, -0.15) is 8.42 Å². The molecule has 0 atom stereocenters. The first-order chi connectivity index (χ1) is 11.1. The van der Waals surface area contributed by atoms with E-state index in [9.17, 15) is 13.0 Å². The summed E-state index contributed by atoms with van der Waals surface area (Å²) in [6.07, 6.45) is 10.6. The van der Waals surface area contributed by atoms with E-state index in [0.717, 1.165) is 56.7 Å². The zero-order valence-corrected chi connectivity index (χ0v) is 15.4. The molecule has 1 aromatic rings. The molecule has 2 aliphatic rings. The van der Waals surface area contributed by atoms with Gasteiger partial charge in [-0.25, -0.2) is 0 Å². The van der Waals surface area contributed by atoms with Crippen molar-refractivity contribution < 1.29 is 13.0 Å². The lowest BCUT2D eigenvalue weighted by atomic mass is 9.99. The third-order valence-corrected chi connectivity index (χ3v) is 15.6. The molecule has 2 saturated carbocycles. The topological polar surface area (TPSA) is 54.4 Å². The first-order valence-corrected chi connectivity index (χ1v) is 13.0. The van der Waals surface area contributed by atoms with Crippen LogP contribution in [0.1, 0.15) is 64.2 Å². The van der Waals surface area contributed by atoms with Crippen molar-refractivity contribution in [2.45, 2.75) is 75.5 Å². The molecule has 1 N–H and O–H groups in total. The van der Waals surface area contributed by atoms with Crippen molar-refractivity contribution in [2.75, 3.05) is 0 Å². The molecule has 0 aromatic heterocycles. The summed E-state index contributed by atoms with van der Waals surface area (Å²) >= 11 is 0. The van der Waals surface area contributed by atoms with E-state index in [-0.39, 0.29) is 11.3 Å². The Kier molecular flexibility index (Phi) is 5.45. The lowest BCUT2D eigenvalue weighted by Gasteiger charge is -2.39. The molecule has 0 amide bonds. The first-order valence-electron chi connectivity index (χ1n) is 8.98. The van der Waals surface area contributed by atoms with Gasteiger partial charge in [0.1, 0.15) is 5.30 Å². The van der Waals surface area contributed by atoms with Gasteiger partial charge in [-0.05, 0) is 63.5 Å². The molecule has 128 valence electrons. The normalized spacial score (nSPS) is 22.1. The van der Waals surface area contributed by atoms with Crippen LogP contribution in [0.5, 0.6) is 0 Å². The lowest BCUT2D eigenvalue weighted by molar-refractivity contribution is 0.472. The molecule has 1 aromatic carbocycles. The highest BCUT2D eigenvalue weighted by Gasteiger charge is 2.63. The van der Waals surface area contributed by atoms with Gasteiger partial charge in [-0.1, -0.05) is 31.0 Å². The summed E-state index contributed by atoms with van der Waals surface area (Å²) in [7, 11) is -4.07. The van der Waals surface area contributed by atoms with Gasteiger partial charge in [0.05, 0.1) is 11.3 Å². The van der Waals surface area contributed by atoms with Crippen molar-refractivity contribution >= 4 is 21.5 Å². The Hall–Kier alpha value is -0.440. The number of benzene rings is 1. The van der Waals surface area contributed by atoms with Gasteiger partial charge in [0.15, 0.2) is 6.46 Å². The van der Waals surface area contributed by atoms with Gasteiger partial charge in [-0.3, -0.25) is 4.55 Å². The minimum absolute atomic E-state index is 0.150. The van der Waals surface area contributed by atoms with Crippen LogP contribution in [0.15, 0.2) is 30.3 Å². The molecule has 0 bridgehead atoms. The van der Waals surface area contributed by atoms with E-state index in [0.29, 0.717) is 0 Å². The number of hydrogen-bond acceptors (Lipinski definition) is 2. The van der Waals surface area contributed by atoms with Crippen molar-refractivity contribution in [3.05, 3.63) is 30.3 Å². The Bertz CT molecular complexity index is 584. The van der Waals surface area contributed by atoms with Crippen LogP contribution in [0, 0.1) is 0 Å². The monoisotopic (exact) mass is 355 g/mol. The van der Waals surface area contributed by atoms with Gasteiger partial charge >= 0.3 is 9.74 Å². The predicted octanol–water partition coefficient (Wildman–Crippen LogP) is 4.80. The Morgan fingerprint density at radius 1 is 0.783 bits per heavy atom. The maximum atomic E-state index is 12.9. The molecule has 2 aliphatic carbocycles. The second-order valence-corrected chi connectivity index (χ2v) is 14.6. The van der Waals surface area contributed by atoms with Crippen LogP contribution in [-0.4, -0.2) is 24.3 Å². The average molecular weight is 355 g/mol. The SMILES string of the molecule is O=S(=O)(O)[P+](c1ccccc1)(C1CCCCC1)C1CCCCC1. The molecule has 0 heterocycles. The minimum atomic E-state index is -4.07. The molecule has 23 heavy (non-hydrogen) atoms. The lowest BCUT2D eigenvalue weighted by Crippen LogP contribution is -2.38. The summed E-state index contributed by atoms with van der Waals surface area (Å²) in [5.74, 6) is 0. The summed E-state index contributed by atoms with van der Waals surface area (Å²) < 4.78 is 36.2. The maximum absolute atomic E-state index is 12.9. The van der Waals surface area contributed by atoms with E-state index in [1.165, 1.54) is 12.8 Å². The molecule has 0 spiro atoms. The van der Waals surface area contributed by atoms with Crippen molar-refractivity contribution in [3.63, 3.8) is 0 Å². The van der Waals surface area contributed by atoms with Crippen LogP contribution >= 0.6 is 6.46 Å². The molecular formula is C18H28O3PS+. The third-order valence-electron chi connectivity index (χ3n) is 5.78. The summed E-state index contributed by atoms with van der Waals surface area (Å²) in [5.41, 5.74) is 0.300. The van der Waals surface area contributed by atoms with Gasteiger partial charge < -0.3 is 0 Å². The van der Waals surface area contributed by atoms with E-state index in [1.54, 1.807) is 0 Å². The smallest absolute Gasteiger partial charge is 0.257 e.